The van der Waals surface area contributed by atoms with E-state index in [4.69, 9.17) is 32.4 Å². The number of rotatable bonds is 2. The molecule has 0 N–H and O–H groups in total. The predicted octanol–water partition coefficient (Wildman–Crippen LogP) is 4.31. The van der Waals surface area contributed by atoms with Crippen molar-refractivity contribution in [3.05, 3.63) is 80.1 Å². The van der Waals surface area contributed by atoms with Gasteiger partial charge in [-0.05, 0) is 35.9 Å². The van der Waals surface area contributed by atoms with E-state index < -0.39 is 0 Å². The van der Waals surface area contributed by atoms with Crippen molar-refractivity contribution in [3.63, 3.8) is 0 Å². The quantitative estimate of drug-likeness (QED) is 0.639. The van der Waals surface area contributed by atoms with Gasteiger partial charge in [0.05, 0.1) is 18.5 Å². The first-order valence-electron chi connectivity index (χ1n) is 8.41. The van der Waals surface area contributed by atoms with E-state index in [1.54, 1.807) is 47.4 Å². The maximum absolute atomic E-state index is 12.9. The molecule has 7 heteroatoms. The minimum absolute atomic E-state index is 0.0171. The fourth-order valence-corrected chi connectivity index (χ4v) is 3.70. The van der Waals surface area contributed by atoms with Crippen LogP contribution < -0.4 is 5.43 Å². The van der Waals surface area contributed by atoms with Crippen LogP contribution in [0.3, 0.4) is 0 Å². The number of ether oxygens (including phenoxy) is 1. The number of carbonyl (C=O) groups excluding carboxylic acids is 1. The Labute approximate surface area is 165 Å². The highest BCUT2D eigenvalue weighted by molar-refractivity contribution is 6.34. The number of hydrogen-bond donors (Lipinski definition) is 0. The lowest BCUT2D eigenvalue weighted by atomic mass is 10.1. The number of morpholine rings is 1. The molecule has 1 unspecified atom stereocenters. The van der Waals surface area contributed by atoms with Gasteiger partial charge in [0.25, 0.3) is 5.91 Å². The number of nitrogens with zero attached hydrogens (tertiary/aromatic N) is 1. The number of para-hydroxylation sites is 1. The lowest BCUT2D eigenvalue weighted by Crippen LogP contribution is -2.42. The number of hydrogen-bond acceptors (Lipinski definition) is 4. The second-order valence-corrected chi connectivity index (χ2v) is 7.16. The van der Waals surface area contributed by atoms with Crippen LogP contribution in [0.5, 0.6) is 0 Å². The molecule has 1 atom stereocenters. The average molecular weight is 404 g/mol. The van der Waals surface area contributed by atoms with E-state index in [0.29, 0.717) is 40.7 Å². The van der Waals surface area contributed by atoms with E-state index in [1.165, 1.54) is 6.07 Å². The van der Waals surface area contributed by atoms with E-state index in [0.717, 1.165) is 5.56 Å². The van der Waals surface area contributed by atoms with E-state index in [1.807, 2.05) is 0 Å². The second-order valence-electron chi connectivity index (χ2n) is 6.28. The highest BCUT2D eigenvalue weighted by Crippen LogP contribution is 2.28. The Hall–Kier alpha value is -2.34. The molecule has 0 aliphatic carbocycles. The van der Waals surface area contributed by atoms with Crippen LogP contribution in [0.1, 0.15) is 22.2 Å². The monoisotopic (exact) mass is 403 g/mol. The van der Waals surface area contributed by atoms with E-state index >= 15 is 0 Å². The highest BCUT2D eigenvalue weighted by Gasteiger charge is 2.28. The lowest BCUT2D eigenvalue weighted by molar-refractivity contribution is -0.0237. The van der Waals surface area contributed by atoms with Gasteiger partial charge in [0.15, 0.2) is 11.2 Å². The molecule has 1 fully saturated rings. The molecule has 4 rings (SSSR count). The first kappa shape index (κ1) is 18.0. The minimum Gasteiger partial charge on any atom is -0.451 e. The van der Waals surface area contributed by atoms with Crippen molar-refractivity contribution in [2.24, 2.45) is 0 Å². The SMILES string of the molecule is O=C(c1cc(=O)c2ccccc2o1)N1CCOC(c2cc(Cl)cc(Cl)c2)C1. The number of carbonyl (C=O) groups is 1. The van der Waals surface area contributed by atoms with Crippen LogP contribution in [0.4, 0.5) is 0 Å². The van der Waals surface area contributed by atoms with Crippen molar-refractivity contribution in [1.29, 1.82) is 0 Å². The lowest BCUT2D eigenvalue weighted by Gasteiger charge is -2.33. The van der Waals surface area contributed by atoms with Gasteiger partial charge >= 0.3 is 0 Å². The van der Waals surface area contributed by atoms with Crippen molar-refractivity contribution < 1.29 is 13.9 Å². The van der Waals surface area contributed by atoms with Gasteiger partial charge < -0.3 is 14.1 Å². The van der Waals surface area contributed by atoms with Gasteiger partial charge in [-0.2, -0.15) is 0 Å². The number of fused-ring (bicyclic) bond motifs is 1. The third-order valence-electron chi connectivity index (χ3n) is 4.46. The fraction of sp³-hybridized carbons (Fsp3) is 0.200. The summed E-state index contributed by atoms with van der Waals surface area (Å²) in [7, 11) is 0. The molecule has 27 heavy (non-hydrogen) atoms. The predicted molar refractivity (Wildman–Crippen MR) is 104 cm³/mol. The Bertz CT molecular complexity index is 1060. The van der Waals surface area contributed by atoms with Gasteiger partial charge in [-0.1, -0.05) is 35.3 Å². The Morgan fingerprint density at radius 3 is 2.59 bits per heavy atom. The topological polar surface area (TPSA) is 59.8 Å². The normalized spacial score (nSPS) is 17.3. The third-order valence-corrected chi connectivity index (χ3v) is 4.89. The summed E-state index contributed by atoms with van der Waals surface area (Å²) in [5.41, 5.74) is 0.941. The molecular weight excluding hydrogens is 389 g/mol. The summed E-state index contributed by atoms with van der Waals surface area (Å²) in [5.74, 6) is -0.331. The van der Waals surface area contributed by atoms with Crippen LogP contribution in [0.15, 0.2) is 57.7 Å². The molecule has 138 valence electrons. The summed E-state index contributed by atoms with van der Waals surface area (Å²) in [4.78, 5) is 26.8. The molecule has 1 aliphatic rings. The molecule has 0 saturated carbocycles. The zero-order valence-electron chi connectivity index (χ0n) is 14.2. The van der Waals surface area contributed by atoms with Gasteiger partial charge in [0.1, 0.15) is 11.7 Å². The summed E-state index contributed by atoms with van der Waals surface area (Å²) >= 11 is 12.1. The molecule has 0 bridgehead atoms. The largest absolute Gasteiger partial charge is 0.451 e. The van der Waals surface area contributed by atoms with Crippen molar-refractivity contribution in [1.82, 2.24) is 4.90 Å². The summed E-state index contributed by atoms with van der Waals surface area (Å²) in [5, 5.41) is 1.46. The Morgan fingerprint density at radius 2 is 1.81 bits per heavy atom. The Balaban J connectivity index is 1.61. The van der Waals surface area contributed by atoms with Crippen LogP contribution >= 0.6 is 23.2 Å². The van der Waals surface area contributed by atoms with Crippen molar-refractivity contribution in [2.75, 3.05) is 19.7 Å². The zero-order valence-corrected chi connectivity index (χ0v) is 15.7. The summed E-state index contributed by atoms with van der Waals surface area (Å²) in [6, 6.07) is 13.3. The Morgan fingerprint density at radius 1 is 1.07 bits per heavy atom. The maximum atomic E-state index is 12.9. The van der Waals surface area contributed by atoms with Crippen LogP contribution in [-0.2, 0) is 4.74 Å². The van der Waals surface area contributed by atoms with Crippen molar-refractivity contribution in [2.45, 2.75) is 6.10 Å². The van der Waals surface area contributed by atoms with Crippen LogP contribution in [-0.4, -0.2) is 30.5 Å². The fourth-order valence-electron chi connectivity index (χ4n) is 3.16. The van der Waals surface area contributed by atoms with Gasteiger partial charge in [-0.25, -0.2) is 0 Å². The first-order valence-corrected chi connectivity index (χ1v) is 9.16. The molecule has 1 saturated heterocycles. The molecule has 1 aliphatic heterocycles. The Kier molecular flexibility index (Phi) is 4.91. The van der Waals surface area contributed by atoms with Crippen molar-refractivity contribution >= 4 is 40.1 Å². The first-order chi connectivity index (χ1) is 13.0. The number of amides is 1. The second kappa shape index (κ2) is 7.35. The third kappa shape index (κ3) is 3.72. The van der Waals surface area contributed by atoms with Gasteiger partial charge in [0.2, 0.25) is 0 Å². The molecular formula is C20H15Cl2NO4. The van der Waals surface area contributed by atoms with E-state index in [9.17, 15) is 9.59 Å². The van der Waals surface area contributed by atoms with Gasteiger partial charge in [-0.3, -0.25) is 9.59 Å². The number of benzene rings is 2. The zero-order chi connectivity index (χ0) is 19.0. The van der Waals surface area contributed by atoms with Crippen LogP contribution in [0, 0.1) is 0 Å². The molecule has 3 aromatic rings. The van der Waals surface area contributed by atoms with Gasteiger partial charge in [-0.15, -0.1) is 0 Å². The molecule has 1 aromatic heterocycles. The average Bonchev–Trinajstić information content (AvgIpc) is 2.67. The molecule has 2 heterocycles. The summed E-state index contributed by atoms with van der Waals surface area (Å²) < 4.78 is 11.4. The van der Waals surface area contributed by atoms with Crippen LogP contribution in [0.25, 0.3) is 11.0 Å². The molecule has 5 nitrogen and oxygen atoms in total. The smallest absolute Gasteiger partial charge is 0.289 e. The van der Waals surface area contributed by atoms with Gasteiger partial charge in [0, 0.05) is 22.7 Å². The highest BCUT2D eigenvalue weighted by atomic mass is 35.5. The standard InChI is InChI=1S/C20H15Cl2NO4/c21-13-7-12(8-14(22)9-13)19-11-23(5-6-26-19)20(25)18-10-16(24)15-3-1-2-4-17(15)27-18/h1-4,7-10,19H,5-6,11H2. The molecule has 1 amide bonds. The summed E-state index contributed by atoms with van der Waals surface area (Å²) in [6.07, 6.45) is -0.355. The van der Waals surface area contributed by atoms with Crippen LogP contribution in [0.2, 0.25) is 10.0 Å². The maximum Gasteiger partial charge on any atom is 0.289 e. The molecule has 2 aromatic carbocycles. The molecule has 0 spiro atoms. The van der Waals surface area contributed by atoms with E-state index in [-0.39, 0.29) is 23.2 Å². The van der Waals surface area contributed by atoms with Crippen molar-refractivity contribution in [3.8, 4) is 0 Å². The molecule has 0 radical (unpaired) electrons. The number of halogens is 2. The van der Waals surface area contributed by atoms with E-state index in [2.05, 4.69) is 0 Å². The summed E-state index contributed by atoms with van der Waals surface area (Å²) in [6.45, 7) is 1.07. The minimum atomic E-state index is -0.355.